The van der Waals surface area contributed by atoms with E-state index in [2.05, 4.69) is 64.1 Å². The summed E-state index contributed by atoms with van der Waals surface area (Å²) in [5, 5.41) is 3.43. The summed E-state index contributed by atoms with van der Waals surface area (Å²) in [6.45, 7) is 7.24. The van der Waals surface area contributed by atoms with Crippen LogP contribution in [0.25, 0.3) is 0 Å². The fourth-order valence-electron chi connectivity index (χ4n) is 1.62. The number of benzene rings is 1. The Morgan fingerprint density at radius 2 is 1.90 bits per heavy atom. The molecule has 0 atom stereocenters. The largest absolute Gasteiger partial charge is 0.308 e. The van der Waals surface area contributed by atoms with Crippen molar-refractivity contribution in [2.24, 2.45) is 0 Å². The molecule has 0 saturated carbocycles. The number of hydrogen-bond acceptors (Lipinski definition) is 4. The van der Waals surface area contributed by atoms with Crippen LogP contribution in [0.2, 0.25) is 0 Å². The van der Waals surface area contributed by atoms with Crippen molar-refractivity contribution in [1.29, 1.82) is 0 Å². The number of nitrogens with zero attached hydrogens (tertiary/aromatic N) is 2. The summed E-state index contributed by atoms with van der Waals surface area (Å²) >= 11 is 5.22. The molecule has 0 bridgehead atoms. The van der Waals surface area contributed by atoms with Crippen molar-refractivity contribution in [3.8, 4) is 0 Å². The molecule has 2 aromatic rings. The van der Waals surface area contributed by atoms with E-state index in [0.717, 1.165) is 28.2 Å². The smallest absolute Gasteiger partial charge is 0.138 e. The van der Waals surface area contributed by atoms with Crippen LogP contribution in [0.1, 0.15) is 32.2 Å². The first-order valence-corrected chi connectivity index (χ1v) is 8.63. The van der Waals surface area contributed by atoms with Crippen LogP contribution in [-0.4, -0.2) is 15.5 Å². The van der Waals surface area contributed by atoms with Crippen LogP contribution in [0.3, 0.4) is 0 Å². The number of aromatic nitrogens is 2. The fraction of sp³-hybridized carbons (Fsp3) is 0.375. The zero-order valence-corrected chi connectivity index (χ0v) is 15.0. The number of halogens is 1. The lowest BCUT2D eigenvalue weighted by Crippen LogP contribution is -2.35. The first kappa shape index (κ1) is 16.5. The van der Waals surface area contributed by atoms with Crippen molar-refractivity contribution < 1.29 is 0 Å². The molecule has 0 aliphatic heterocycles. The first-order chi connectivity index (χ1) is 9.92. The van der Waals surface area contributed by atoms with Crippen molar-refractivity contribution in [1.82, 2.24) is 15.3 Å². The molecule has 0 unspecified atom stereocenters. The topological polar surface area (TPSA) is 37.8 Å². The third kappa shape index (κ3) is 6.16. The maximum Gasteiger partial charge on any atom is 0.138 e. The van der Waals surface area contributed by atoms with Gasteiger partial charge in [0.2, 0.25) is 0 Å². The van der Waals surface area contributed by atoms with Crippen LogP contribution in [0.15, 0.2) is 46.0 Å². The maximum atomic E-state index is 4.43. The van der Waals surface area contributed by atoms with Crippen molar-refractivity contribution in [3.05, 3.63) is 52.5 Å². The molecule has 1 aromatic heterocycles. The molecule has 0 saturated heterocycles. The monoisotopic (exact) mass is 365 g/mol. The minimum absolute atomic E-state index is 0.106. The van der Waals surface area contributed by atoms with E-state index in [1.54, 1.807) is 11.8 Å². The lowest BCUT2D eigenvalue weighted by Gasteiger charge is -2.20. The second-order valence-corrected chi connectivity index (χ2v) is 7.82. The molecule has 0 amide bonds. The predicted octanol–water partition coefficient (Wildman–Crippen LogP) is 4.42. The second-order valence-electron chi connectivity index (χ2n) is 5.86. The molecule has 0 radical (unpaired) electrons. The molecule has 3 nitrogen and oxygen atoms in total. The van der Waals surface area contributed by atoms with Crippen LogP contribution < -0.4 is 5.32 Å². The van der Waals surface area contributed by atoms with Gasteiger partial charge in [0.1, 0.15) is 5.82 Å². The average Bonchev–Trinajstić information content (AvgIpc) is 2.43. The third-order valence-electron chi connectivity index (χ3n) is 2.75. The lowest BCUT2D eigenvalue weighted by atomic mass is 10.1. The van der Waals surface area contributed by atoms with Gasteiger partial charge in [-0.2, -0.15) is 0 Å². The Morgan fingerprint density at radius 1 is 1.19 bits per heavy atom. The molecule has 0 spiro atoms. The van der Waals surface area contributed by atoms with Gasteiger partial charge < -0.3 is 5.32 Å². The molecule has 1 aromatic carbocycles. The summed E-state index contributed by atoms with van der Waals surface area (Å²) in [4.78, 5) is 10.1. The van der Waals surface area contributed by atoms with E-state index in [9.17, 15) is 0 Å². The van der Waals surface area contributed by atoms with Crippen LogP contribution >= 0.6 is 27.7 Å². The fourth-order valence-corrected chi connectivity index (χ4v) is 3.00. The standard InChI is InChI=1S/C16H20BrN3S/c1-16(2,3)20-10-12-8-18-15(19-9-12)11-21-14-6-4-5-13(17)7-14/h4-9,20H,10-11H2,1-3H3. The highest BCUT2D eigenvalue weighted by molar-refractivity contribution is 9.10. The van der Waals surface area contributed by atoms with Gasteiger partial charge in [-0.25, -0.2) is 9.97 Å². The van der Waals surface area contributed by atoms with Gasteiger partial charge in [0.05, 0.1) is 5.75 Å². The van der Waals surface area contributed by atoms with Crippen LogP contribution in [0, 0.1) is 0 Å². The van der Waals surface area contributed by atoms with E-state index in [0.29, 0.717) is 0 Å². The summed E-state index contributed by atoms with van der Waals surface area (Å²) < 4.78 is 1.09. The molecular formula is C16H20BrN3S. The quantitative estimate of drug-likeness (QED) is 0.795. The van der Waals surface area contributed by atoms with Gasteiger partial charge in [0.25, 0.3) is 0 Å². The Morgan fingerprint density at radius 3 is 2.52 bits per heavy atom. The van der Waals surface area contributed by atoms with Crippen molar-refractivity contribution >= 4 is 27.7 Å². The van der Waals surface area contributed by atoms with Gasteiger partial charge in [-0.15, -0.1) is 11.8 Å². The molecule has 0 fully saturated rings. The average molecular weight is 366 g/mol. The Kier molecular flexibility index (Phi) is 5.79. The number of hydrogen-bond donors (Lipinski definition) is 1. The van der Waals surface area contributed by atoms with Gasteiger partial charge in [-0.05, 0) is 39.0 Å². The predicted molar refractivity (Wildman–Crippen MR) is 92.3 cm³/mol. The van der Waals surface area contributed by atoms with E-state index in [-0.39, 0.29) is 5.54 Å². The highest BCUT2D eigenvalue weighted by Gasteiger charge is 2.08. The minimum atomic E-state index is 0.106. The molecule has 1 heterocycles. The number of nitrogens with one attached hydrogen (secondary N) is 1. The number of rotatable bonds is 5. The summed E-state index contributed by atoms with van der Waals surface area (Å²) in [5.74, 6) is 1.64. The minimum Gasteiger partial charge on any atom is -0.308 e. The third-order valence-corrected chi connectivity index (χ3v) is 4.23. The van der Waals surface area contributed by atoms with Gasteiger partial charge >= 0.3 is 0 Å². The zero-order valence-electron chi connectivity index (χ0n) is 12.6. The Balaban J connectivity index is 1.87. The first-order valence-electron chi connectivity index (χ1n) is 6.85. The van der Waals surface area contributed by atoms with Crippen molar-refractivity contribution in [2.75, 3.05) is 0 Å². The highest BCUT2D eigenvalue weighted by Crippen LogP contribution is 2.24. The Bertz CT molecular complexity index is 579. The van der Waals surface area contributed by atoms with E-state index < -0.39 is 0 Å². The van der Waals surface area contributed by atoms with Crippen LogP contribution in [-0.2, 0) is 12.3 Å². The molecule has 112 valence electrons. The maximum absolute atomic E-state index is 4.43. The highest BCUT2D eigenvalue weighted by atomic mass is 79.9. The molecule has 0 aliphatic rings. The molecule has 1 N–H and O–H groups in total. The molecule has 0 aliphatic carbocycles. The van der Waals surface area contributed by atoms with E-state index in [1.807, 2.05) is 24.5 Å². The van der Waals surface area contributed by atoms with Crippen molar-refractivity contribution in [2.45, 2.75) is 43.5 Å². The number of thioether (sulfide) groups is 1. The molecule has 2 rings (SSSR count). The van der Waals surface area contributed by atoms with Gasteiger partial charge in [0.15, 0.2) is 0 Å². The zero-order chi connectivity index (χ0) is 15.3. The SMILES string of the molecule is CC(C)(C)NCc1cnc(CSc2cccc(Br)c2)nc1. The molecular weight excluding hydrogens is 346 g/mol. The summed E-state index contributed by atoms with van der Waals surface area (Å²) in [6.07, 6.45) is 3.81. The Hall–Kier alpha value is -0.910. The Labute approximate surface area is 139 Å². The van der Waals surface area contributed by atoms with E-state index in [1.165, 1.54) is 4.90 Å². The molecule has 5 heteroatoms. The molecule has 21 heavy (non-hydrogen) atoms. The van der Waals surface area contributed by atoms with Gasteiger partial charge in [-0.1, -0.05) is 22.0 Å². The normalized spacial score (nSPS) is 11.6. The lowest BCUT2D eigenvalue weighted by molar-refractivity contribution is 0.423. The summed E-state index contributed by atoms with van der Waals surface area (Å²) in [6, 6.07) is 8.26. The second kappa shape index (κ2) is 7.38. The van der Waals surface area contributed by atoms with E-state index in [4.69, 9.17) is 0 Å². The van der Waals surface area contributed by atoms with E-state index >= 15 is 0 Å². The van der Waals surface area contributed by atoms with Crippen LogP contribution in [0.5, 0.6) is 0 Å². The van der Waals surface area contributed by atoms with Crippen LogP contribution in [0.4, 0.5) is 0 Å². The van der Waals surface area contributed by atoms with Crippen molar-refractivity contribution in [3.63, 3.8) is 0 Å². The summed E-state index contributed by atoms with van der Waals surface area (Å²) in [7, 11) is 0. The van der Waals surface area contributed by atoms with Gasteiger partial charge in [-0.3, -0.25) is 0 Å². The van der Waals surface area contributed by atoms with Gasteiger partial charge in [0, 0.05) is 39.4 Å². The summed E-state index contributed by atoms with van der Waals surface area (Å²) in [5.41, 5.74) is 1.22.